The first-order valence-electron chi connectivity index (χ1n) is 9.70. The summed E-state index contributed by atoms with van der Waals surface area (Å²) in [5.74, 6) is 0.745. The molecular weight excluding hydrogens is 368 g/mol. The number of fused-ring (bicyclic) bond motifs is 1. The maximum atomic E-state index is 12.8. The van der Waals surface area contributed by atoms with Crippen LogP contribution in [0.3, 0.4) is 0 Å². The number of nitrogens with zero attached hydrogens (tertiary/aromatic N) is 4. The van der Waals surface area contributed by atoms with Crippen LogP contribution in [-0.2, 0) is 11.3 Å². The second kappa shape index (κ2) is 7.95. The van der Waals surface area contributed by atoms with Gasteiger partial charge in [-0.05, 0) is 37.3 Å². The molecule has 0 atom stereocenters. The molecule has 0 aliphatic carbocycles. The quantitative estimate of drug-likeness (QED) is 0.680. The van der Waals surface area contributed by atoms with E-state index in [1.807, 2.05) is 49.4 Å². The molecule has 7 nitrogen and oxygen atoms in total. The van der Waals surface area contributed by atoms with E-state index in [9.17, 15) is 9.59 Å². The highest BCUT2D eigenvalue weighted by Crippen LogP contribution is 2.20. The molecule has 1 amide bonds. The Morgan fingerprint density at radius 2 is 1.66 bits per heavy atom. The fourth-order valence-corrected chi connectivity index (χ4v) is 3.75. The number of piperazine rings is 1. The van der Waals surface area contributed by atoms with Gasteiger partial charge in [-0.3, -0.25) is 9.59 Å². The second-order valence-corrected chi connectivity index (χ2v) is 7.16. The van der Waals surface area contributed by atoms with Gasteiger partial charge in [0.1, 0.15) is 12.3 Å². The molecule has 0 N–H and O–H groups in total. The second-order valence-electron chi connectivity index (χ2n) is 7.16. The van der Waals surface area contributed by atoms with Crippen molar-refractivity contribution in [1.82, 2.24) is 14.7 Å². The summed E-state index contributed by atoms with van der Waals surface area (Å²) >= 11 is 0. The molecule has 4 rings (SSSR count). The third-order valence-corrected chi connectivity index (χ3v) is 5.41. The van der Waals surface area contributed by atoms with E-state index >= 15 is 0 Å². The van der Waals surface area contributed by atoms with Crippen LogP contribution in [0.2, 0.25) is 0 Å². The number of amides is 1. The van der Waals surface area contributed by atoms with E-state index < -0.39 is 0 Å². The van der Waals surface area contributed by atoms with Crippen molar-refractivity contribution in [2.45, 2.75) is 13.5 Å². The third kappa shape index (κ3) is 3.81. The maximum Gasteiger partial charge on any atom is 0.275 e. The molecule has 3 aromatic rings. The number of aromatic nitrogens is 2. The van der Waals surface area contributed by atoms with Gasteiger partial charge in [-0.1, -0.05) is 18.2 Å². The van der Waals surface area contributed by atoms with Gasteiger partial charge in [0.2, 0.25) is 5.91 Å². The Morgan fingerprint density at radius 1 is 1.00 bits per heavy atom. The molecule has 1 aromatic heterocycles. The predicted octanol–water partition coefficient (Wildman–Crippen LogP) is 2.06. The number of benzene rings is 2. The molecule has 0 saturated carbocycles. The number of ether oxygens (including phenoxy) is 1. The van der Waals surface area contributed by atoms with E-state index in [4.69, 9.17) is 4.74 Å². The fourth-order valence-electron chi connectivity index (χ4n) is 3.75. The van der Waals surface area contributed by atoms with Crippen molar-refractivity contribution < 1.29 is 9.53 Å². The minimum absolute atomic E-state index is 0.0347. The van der Waals surface area contributed by atoms with Crippen molar-refractivity contribution in [1.29, 1.82) is 0 Å². The van der Waals surface area contributed by atoms with Gasteiger partial charge >= 0.3 is 0 Å². The molecular formula is C22H24N4O3. The smallest absolute Gasteiger partial charge is 0.275 e. The number of rotatable bonds is 4. The van der Waals surface area contributed by atoms with Gasteiger partial charge in [0.25, 0.3) is 5.56 Å². The van der Waals surface area contributed by atoms with E-state index in [0.29, 0.717) is 18.5 Å². The molecule has 2 heterocycles. The third-order valence-electron chi connectivity index (χ3n) is 5.41. The van der Waals surface area contributed by atoms with Crippen molar-refractivity contribution in [2.75, 3.05) is 38.2 Å². The average molecular weight is 392 g/mol. The molecule has 7 heteroatoms. The highest BCUT2D eigenvalue weighted by atomic mass is 16.5. The van der Waals surface area contributed by atoms with Gasteiger partial charge in [0.05, 0.1) is 18.2 Å². The van der Waals surface area contributed by atoms with Gasteiger partial charge in [-0.15, -0.1) is 0 Å². The molecule has 0 radical (unpaired) electrons. The summed E-state index contributed by atoms with van der Waals surface area (Å²) in [6.07, 6.45) is 0. The number of hydrogen-bond donors (Lipinski definition) is 0. The van der Waals surface area contributed by atoms with Crippen LogP contribution in [0.1, 0.15) is 5.69 Å². The van der Waals surface area contributed by atoms with Crippen LogP contribution >= 0.6 is 0 Å². The first kappa shape index (κ1) is 19.0. The van der Waals surface area contributed by atoms with Crippen molar-refractivity contribution in [3.05, 3.63) is 64.6 Å². The predicted molar refractivity (Wildman–Crippen MR) is 113 cm³/mol. The zero-order valence-corrected chi connectivity index (χ0v) is 16.7. The first-order chi connectivity index (χ1) is 14.1. The average Bonchev–Trinajstić information content (AvgIpc) is 2.77. The Bertz CT molecular complexity index is 1080. The summed E-state index contributed by atoms with van der Waals surface area (Å²) in [6.45, 7) is 4.55. The zero-order valence-electron chi connectivity index (χ0n) is 16.7. The monoisotopic (exact) mass is 392 g/mol. The van der Waals surface area contributed by atoms with Crippen molar-refractivity contribution in [3.63, 3.8) is 0 Å². The summed E-state index contributed by atoms with van der Waals surface area (Å²) in [5.41, 5.74) is 1.63. The molecule has 2 aromatic carbocycles. The van der Waals surface area contributed by atoms with E-state index in [1.165, 1.54) is 4.68 Å². The number of hydrogen-bond acceptors (Lipinski definition) is 5. The topological polar surface area (TPSA) is 67.7 Å². The van der Waals surface area contributed by atoms with Crippen molar-refractivity contribution >= 4 is 22.4 Å². The Kier molecular flexibility index (Phi) is 5.20. The molecule has 1 saturated heterocycles. The van der Waals surface area contributed by atoms with Crippen LogP contribution in [-0.4, -0.2) is 53.9 Å². The van der Waals surface area contributed by atoms with Gasteiger partial charge in [0, 0.05) is 37.3 Å². The lowest BCUT2D eigenvalue weighted by atomic mass is 10.1. The standard InChI is InChI=1S/C22H24N4O3/c1-16-19-5-3-4-6-20(19)22(28)26(23-16)15-21(27)25-13-11-24(12-14-25)17-7-9-18(29-2)10-8-17/h3-10H,11-15H2,1-2H3. The lowest BCUT2D eigenvalue weighted by molar-refractivity contribution is -0.132. The van der Waals surface area contributed by atoms with E-state index in [2.05, 4.69) is 10.00 Å². The number of aryl methyl sites for hydroxylation is 1. The normalized spacial score (nSPS) is 14.3. The molecule has 1 fully saturated rings. The maximum absolute atomic E-state index is 12.8. The summed E-state index contributed by atoms with van der Waals surface area (Å²) in [6, 6.07) is 15.3. The van der Waals surface area contributed by atoms with E-state index in [-0.39, 0.29) is 18.0 Å². The van der Waals surface area contributed by atoms with Crippen LogP contribution in [0.4, 0.5) is 5.69 Å². The largest absolute Gasteiger partial charge is 0.497 e. The molecule has 1 aliphatic rings. The van der Waals surface area contributed by atoms with Crippen LogP contribution in [0.5, 0.6) is 5.75 Å². The molecule has 0 bridgehead atoms. The van der Waals surface area contributed by atoms with Gasteiger partial charge < -0.3 is 14.5 Å². The number of anilines is 1. The molecule has 0 unspecified atom stereocenters. The van der Waals surface area contributed by atoms with E-state index in [1.54, 1.807) is 18.1 Å². The summed E-state index contributed by atoms with van der Waals surface area (Å²) in [4.78, 5) is 29.5. The van der Waals surface area contributed by atoms with Crippen LogP contribution in [0, 0.1) is 6.92 Å². The SMILES string of the molecule is COc1ccc(N2CCN(C(=O)Cn3nc(C)c4ccccc4c3=O)CC2)cc1. The number of carbonyl (C=O) groups is 1. The lowest BCUT2D eigenvalue weighted by Gasteiger charge is -2.36. The zero-order chi connectivity index (χ0) is 20.4. The first-order valence-corrected chi connectivity index (χ1v) is 9.70. The van der Waals surface area contributed by atoms with Crippen molar-refractivity contribution in [3.8, 4) is 5.75 Å². The van der Waals surface area contributed by atoms with Gasteiger partial charge in [-0.2, -0.15) is 5.10 Å². The van der Waals surface area contributed by atoms with Crippen molar-refractivity contribution in [2.24, 2.45) is 0 Å². The molecule has 29 heavy (non-hydrogen) atoms. The summed E-state index contributed by atoms with van der Waals surface area (Å²) in [5, 5.41) is 5.77. The Balaban J connectivity index is 1.43. The summed E-state index contributed by atoms with van der Waals surface area (Å²) in [7, 11) is 1.65. The number of carbonyl (C=O) groups excluding carboxylic acids is 1. The minimum Gasteiger partial charge on any atom is -0.497 e. The minimum atomic E-state index is -0.226. The highest BCUT2D eigenvalue weighted by molar-refractivity contribution is 5.83. The number of methoxy groups -OCH3 is 1. The summed E-state index contributed by atoms with van der Waals surface area (Å²) < 4.78 is 6.49. The van der Waals surface area contributed by atoms with Crippen LogP contribution in [0.15, 0.2) is 53.3 Å². The van der Waals surface area contributed by atoms with Gasteiger partial charge in [-0.25, -0.2) is 4.68 Å². The van der Waals surface area contributed by atoms with Gasteiger partial charge in [0.15, 0.2) is 0 Å². The molecule has 150 valence electrons. The van der Waals surface area contributed by atoms with Crippen LogP contribution in [0.25, 0.3) is 10.8 Å². The highest BCUT2D eigenvalue weighted by Gasteiger charge is 2.22. The Hall–Kier alpha value is -3.35. The Labute approximate surface area is 169 Å². The lowest BCUT2D eigenvalue weighted by Crippen LogP contribution is -2.50. The molecule has 0 spiro atoms. The fraction of sp³-hybridized carbons (Fsp3) is 0.318. The Morgan fingerprint density at radius 3 is 2.31 bits per heavy atom. The van der Waals surface area contributed by atoms with E-state index in [0.717, 1.165) is 35.6 Å². The van der Waals surface area contributed by atoms with Crippen LogP contribution < -0.4 is 15.2 Å². The molecule has 1 aliphatic heterocycles.